The van der Waals surface area contributed by atoms with Crippen LogP contribution in [0.2, 0.25) is 0 Å². The summed E-state index contributed by atoms with van der Waals surface area (Å²) in [6.07, 6.45) is 0. The SMILES string of the molecule is COC(=O)c1ccc(CSc2nnc(-c3ccccc3)n2-c2ccccc2)cc1. The molecule has 0 radical (unpaired) electrons. The number of rotatable bonds is 6. The average Bonchev–Trinajstić information content (AvgIpc) is 3.22. The summed E-state index contributed by atoms with van der Waals surface area (Å²) in [5.41, 5.74) is 3.66. The number of carbonyl (C=O) groups excluding carboxylic acids is 1. The second kappa shape index (κ2) is 8.75. The lowest BCUT2D eigenvalue weighted by Gasteiger charge is -2.10. The predicted molar refractivity (Wildman–Crippen MR) is 114 cm³/mol. The van der Waals surface area contributed by atoms with Gasteiger partial charge in [-0.05, 0) is 29.8 Å². The molecular weight excluding hydrogens is 382 g/mol. The molecule has 4 aromatic rings. The summed E-state index contributed by atoms with van der Waals surface area (Å²) in [5, 5.41) is 9.71. The summed E-state index contributed by atoms with van der Waals surface area (Å²) in [5.74, 6) is 1.18. The van der Waals surface area contributed by atoms with Crippen molar-refractivity contribution in [3.63, 3.8) is 0 Å². The number of esters is 1. The molecule has 1 heterocycles. The summed E-state index contributed by atoms with van der Waals surface area (Å²) in [6.45, 7) is 0. The van der Waals surface area contributed by atoms with Crippen LogP contribution in [0.25, 0.3) is 17.1 Å². The van der Waals surface area contributed by atoms with Crippen LogP contribution in [0, 0.1) is 0 Å². The van der Waals surface area contributed by atoms with Crippen molar-refractivity contribution in [1.82, 2.24) is 14.8 Å². The fraction of sp³-hybridized carbons (Fsp3) is 0.0870. The molecule has 0 N–H and O–H groups in total. The number of ether oxygens (including phenoxy) is 1. The van der Waals surface area contributed by atoms with Gasteiger partial charge in [0.2, 0.25) is 0 Å². The predicted octanol–water partition coefficient (Wildman–Crippen LogP) is 5.01. The fourth-order valence-corrected chi connectivity index (χ4v) is 3.86. The summed E-state index contributed by atoms with van der Waals surface area (Å²) in [4.78, 5) is 11.6. The van der Waals surface area contributed by atoms with Gasteiger partial charge in [-0.2, -0.15) is 0 Å². The second-order valence-corrected chi connectivity index (χ2v) is 7.26. The Morgan fingerprint density at radius 1 is 0.897 bits per heavy atom. The van der Waals surface area contributed by atoms with Gasteiger partial charge in [0.1, 0.15) is 0 Å². The smallest absolute Gasteiger partial charge is 0.337 e. The van der Waals surface area contributed by atoms with E-state index in [0.717, 1.165) is 27.8 Å². The van der Waals surface area contributed by atoms with E-state index in [2.05, 4.69) is 14.8 Å². The first-order chi connectivity index (χ1) is 14.3. The van der Waals surface area contributed by atoms with Crippen LogP contribution in [-0.4, -0.2) is 27.8 Å². The first-order valence-electron chi connectivity index (χ1n) is 9.12. The Hall–Kier alpha value is -3.38. The summed E-state index contributed by atoms with van der Waals surface area (Å²) < 4.78 is 6.82. The summed E-state index contributed by atoms with van der Waals surface area (Å²) >= 11 is 1.60. The minimum absolute atomic E-state index is 0.333. The van der Waals surface area contributed by atoms with Gasteiger partial charge in [0.05, 0.1) is 12.7 Å². The van der Waals surface area contributed by atoms with Gasteiger partial charge in [0.15, 0.2) is 11.0 Å². The topological polar surface area (TPSA) is 57.0 Å². The standard InChI is InChI=1S/C23H19N3O2S/c1-28-22(27)19-14-12-17(13-15-19)16-29-23-25-24-21(18-8-4-2-5-9-18)26(23)20-10-6-3-7-11-20/h2-15H,16H2,1H3. The maximum Gasteiger partial charge on any atom is 0.337 e. The lowest BCUT2D eigenvalue weighted by molar-refractivity contribution is 0.0600. The number of para-hydroxylation sites is 1. The quantitative estimate of drug-likeness (QED) is 0.336. The van der Waals surface area contributed by atoms with E-state index in [0.29, 0.717) is 11.3 Å². The number of benzene rings is 3. The zero-order valence-electron chi connectivity index (χ0n) is 15.9. The molecule has 0 amide bonds. The molecule has 1 aromatic heterocycles. The number of hydrogen-bond donors (Lipinski definition) is 0. The molecule has 0 aliphatic heterocycles. The highest BCUT2D eigenvalue weighted by Crippen LogP contribution is 2.29. The molecule has 0 saturated carbocycles. The van der Waals surface area contributed by atoms with Crippen molar-refractivity contribution in [2.45, 2.75) is 10.9 Å². The highest BCUT2D eigenvalue weighted by molar-refractivity contribution is 7.98. The Labute approximate surface area is 173 Å². The molecule has 0 aliphatic rings. The van der Waals surface area contributed by atoms with Crippen molar-refractivity contribution in [1.29, 1.82) is 0 Å². The highest BCUT2D eigenvalue weighted by atomic mass is 32.2. The van der Waals surface area contributed by atoms with Gasteiger partial charge in [0.25, 0.3) is 0 Å². The van der Waals surface area contributed by atoms with E-state index in [1.165, 1.54) is 7.11 Å². The number of methoxy groups -OCH3 is 1. The van der Waals surface area contributed by atoms with Gasteiger partial charge >= 0.3 is 5.97 Å². The molecule has 4 rings (SSSR count). The minimum Gasteiger partial charge on any atom is -0.465 e. The van der Waals surface area contributed by atoms with Crippen LogP contribution in [0.5, 0.6) is 0 Å². The van der Waals surface area contributed by atoms with Gasteiger partial charge in [-0.1, -0.05) is 72.4 Å². The molecule has 3 aromatic carbocycles. The molecule has 6 heteroatoms. The summed E-state index contributed by atoms with van der Waals surface area (Å²) in [6, 6.07) is 27.5. The van der Waals surface area contributed by atoms with E-state index in [4.69, 9.17) is 4.74 Å². The van der Waals surface area contributed by atoms with Crippen LogP contribution in [0.15, 0.2) is 90.1 Å². The van der Waals surface area contributed by atoms with E-state index in [-0.39, 0.29) is 5.97 Å². The molecule has 0 unspecified atom stereocenters. The highest BCUT2D eigenvalue weighted by Gasteiger charge is 2.16. The largest absolute Gasteiger partial charge is 0.465 e. The van der Waals surface area contributed by atoms with Crippen LogP contribution >= 0.6 is 11.8 Å². The molecule has 0 bridgehead atoms. The molecule has 5 nitrogen and oxygen atoms in total. The molecule has 0 saturated heterocycles. The van der Waals surface area contributed by atoms with Crippen molar-refractivity contribution in [3.8, 4) is 17.1 Å². The van der Waals surface area contributed by atoms with E-state index < -0.39 is 0 Å². The molecule has 144 valence electrons. The van der Waals surface area contributed by atoms with E-state index in [1.807, 2.05) is 72.8 Å². The van der Waals surface area contributed by atoms with Crippen molar-refractivity contribution in [3.05, 3.63) is 96.1 Å². The van der Waals surface area contributed by atoms with Crippen LogP contribution in [-0.2, 0) is 10.5 Å². The van der Waals surface area contributed by atoms with Crippen molar-refractivity contribution in [2.75, 3.05) is 7.11 Å². The van der Waals surface area contributed by atoms with Crippen molar-refractivity contribution in [2.24, 2.45) is 0 Å². The number of nitrogens with zero attached hydrogens (tertiary/aromatic N) is 3. The van der Waals surface area contributed by atoms with Gasteiger partial charge in [-0.3, -0.25) is 4.57 Å². The average molecular weight is 401 g/mol. The first kappa shape index (κ1) is 19.0. The van der Waals surface area contributed by atoms with Gasteiger partial charge in [-0.15, -0.1) is 10.2 Å². The van der Waals surface area contributed by atoms with Crippen LogP contribution < -0.4 is 0 Å². The van der Waals surface area contributed by atoms with E-state index in [1.54, 1.807) is 23.9 Å². The van der Waals surface area contributed by atoms with Crippen LogP contribution in [0.3, 0.4) is 0 Å². The first-order valence-corrected chi connectivity index (χ1v) is 10.1. The normalized spacial score (nSPS) is 10.7. The third-order valence-corrected chi connectivity index (χ3v) is 5.42. The molecule has 0 atom stereocenters. The molecule has 0 spiro atoms. The Kier molecular flexibility index (Phi) is 5.72. The lowest BCUT2D eigenvalue weighted by Crippen LogP contribution is -2.01. The zero-order chi connectivity index (χ0) is 20.1. The van der Waals surface area contributed by atoms with Gasteiger partial charge in [0, 0.05) is 17.0 Å². The third-order valence-electron chi connectivity index (χ3n) is 4.42. The van der Waals surface area contributed by atoms with Gasteiger partial charge < -0.3 is 4.74 Å². The number of thioether (sulfide) groups is 1. The maximum absolute atomic E-state index is 11.6. The van der Waals surface area contributed by atoms with Crippen molar-refractivity contribution >= 4 is 17.7 Å². The Bertz CT molecular complexity index is 1090. The van der Waals surface area contributed by atoms with Gasteiger partial charge in [-0.25, -0.2) is 4.79 Å². The zero-order valence-corrected chi connectivity index (χ0v) is 16.7. The number of hydrogen-bond acceptors (Lipinski definition) is 5. The van der Waals surface area contributed by atoms with Crippen molar-refractivity contribution < 1.29 is 9.53 Å². The maximum atomic E-state index is 11.6. The molecular formula is C23H19N3O2S. The van der Waals surface area contributed by atoms with E-state index >= 15 is 0 Å². The molecule has 29 heavy (non-hydrogen) atoms. The second-order valence-electron chi connectivity index (χ2n) is 6.32. The Morgan fingerprint density at radius 2 is 1.55 bits per heavy atom. The number of aromatic nitrogens is 3. The summed E-state index contributed by atoms with van der Waals surface area (Å²) in [7, 11) is 1.38. The Balaban J connectivity index is 1.62. The molecule has 0 fully saturated rings. The third kappa shape index (κ3) is 4.22. The van der Waals surface area contributed by atoms with Crippen LogP contribution in [0.1, 0.15) is 15.9 Å². The van der Waals surface area contributed by atoms with Crippen LogP contribution in [0.4, 0.5) is 0 Å². The lowest BCUT2D eigenvalue weighted by atomic mass is 10.1. The monoisotopic (exact) mass is 401 g/mol. The fourth-order valence-electron chi connectivity index (χ4n) is 2.95. The minimum atomic E-state index is -0.333. The Morgan fingerprint density at radius 3 is 2.21 bits per heavy atom. The molecule has 0 aliphatic carbocycles. The van der Waals surface area contributed by atoms with E-state index in [9.17, 15) is 4.79 Å². The number of carbonyl (C=O) groups is 1.